The van der Waals surface area contributed by atoms with Crippen LogP contribution in [-0.2, 0) is 19.5 Å². The van der Waals surface area contributed by atoms with Crippen LogP contribution in [0.3, 0.4) is 0 Å². The molecular formula is C20H21ClN4O. The van der Waals surface area contributed by atoms with Crippen LogP contribution in [0.1, 0.15) is 27.0 Å². The topological polar surface area (TPSA) is 59.0 Å². The molecule has 1 amide bonds. The van der Waals surface area contributed by atoms with Gasteiger partial charge in [0.1, 0.15) is 0 Å². The largest absolute Gasteiger partial charge is 0.322 e. The first-order chi connectivity index (χ1) is 12.3. The lowest BCUT2D eigenvalue weighted by atomic mass is 10.0. The highest BCUT2D eigenvalue weighted by Crippen LogP contribution is 2.19. The minimum Gasteiger partial charge on any atom is -0.322 e. The van der Waals surface area contributed by atoms with E-state index in [1.54, 1.807) is 17.1 Å². The molecule has 2 aromatic carbocycles. The number of nitrogens with zero attached hydrogens (tertiary/aromatic N) is 2. The van der Waals surface area contributed by atoms with Crippen molar-refractivity contribution in [1.82, 2.24) is 15.1 Å². The van der Waals surface area contributed by atoms with Crippen LogP contribution in [-0.4, -0.2) is 22.2 Å². The number of halogens is 1. The van der Waals surface area contributed by atoms with Crippen LogP contribution in [0, 0.1) is 0 Å². The van der Waals surface area contributed by atoms with Gasteiger partial charge in [0.05, 0.1) is 18.3 Å². The van der Waals surface area contributed by atoms with Crippen molar-refractivity contribution in [3.63, 3.8) is 0 Å². The smallest absolute Gasteiger partial charge is 0.258 e. The molecule has 0 radical (unpaired) electrons. The number of carbonyl (C=O) groups is 1. The number of hydrogen-bond acceptors (Lipinski definition) is 3. The molecule has 0 saturated heterocycles. The molecule has 1 aromatic heterocycles. The zero-order valence-corrected chi connectivity index (χ0v) is 15.1. The molecule has 1 aliphatic heterocycles. The first kappa shape index (κ1) is 18.2. The van der Waals surface area contributed by atoms with E-state index >= 15 is 0 Å². The standard InChI is InChI=1S/C20H20N4O.ClH/c25-20(23-19-7-6-17-11-21-9-8-16(17)10-19)18-12-22-24(14-18)13-15-4-2-1-3-5-15;/h1-7,10,12,14,21H,8-9,11,13H2,(H,23,25);1H. The Morgan fingerprint density at radius 1 is 1.15 bits per heavy atom. The molecule has 4 rings (SSSR count). The van der Waals surface area contributed by atoms with Gasteiger partial charge in [-0.15, -0.1) is 12.4 Å². The van der Waals surface area contributed by atoms with Crippen molar-refractivity contribution in [3.8, 4) is 0 Å². The number of aromatic nitrogens is 2. The van der Waals surface area contributed by atoms with Crippen molar-refractivity contribution in [2.24, 2.45) is 0 Å². The summed E-state index contributed by atoms with van der Waals surface area (Å²) in [4.78, 5) is 12.5. The molecule has 0 atom stereocenters. The Bertz CT molecular complexity index is 892. The van der Waals surface area contributed by atoms with Gasteiger partial charge >= 0.3 is 0 Å². The molecule has 3 aromatic rings. The molecule has 134 valence electrons. The van der Waals surface area contributed by atoms with Crippen molar-refractivity contribution in [2.45, 2.75) is 19.5 Å². The summed E-state index contributed by atoms with van der Waals surface area (Å²) in [7, 11) is 0. The van der Waals surface area contributed by atoms with E-state index in [1.165, 1.54) is 11.1 Å². The summed E-state index contributed by atoms with van der Waals surface area (Å²) in [5.74, 6) is -0.131. The molecule has 1 aliphatic rings. The van der Waals surface area contributed by atoms with E-state index in [-0.39, 0.29) is 18.3 Å². The lowest BCUT2D eigenvalue weighted by Gasteiger charge is -2.18. The van der Waals surface area contributed by atoms with Crippen LogP contribution >= 0.6 is 12.4 Å². The molecule has 2 heterocycles. The fraction of sp³-hybridized carbons (Fsp3) is 0.200. The number of rotatable bonds is 4. The van der Waals surface area contributed by atoms with Crippen LogP contribution in [0.4, 0.5) is 5.69 Å². The highest BCUT2D eigenvalue weighted by Gasteiger charge is 2.12. The molecule has 0 spiro atoms. The van der Waals surface area contributed by atoms with Gasteiger partial charge in [0.2, 0.25) is 0 Å². The van der Waals surface area contributed by atoms with Crippen molar-refractivity contribution in [2.75, 3.05) is 11.9 Å². The quantitative estimate of drug-likeness (QED) is 0.743. The maximum Gasteiger partial charge on any atom is 0.258 e. The number of anilines is 1. The van der Waals surface area contributed by atoms with Crippen molar-refractivity contribution in [1.29, 1.82) is 0 Å². The van der Waals surface area contributed by atoms with Crippen LogP contribution in [0.25, 0.3) is 0 Å². The minimum absolute atomic E-state index is 0. The average Bonchev–Trinajstić information content (AvgIpc) is 3.11. The summed E-state index contributed by atoms with van der Waals surface area (Å²) >= 11 is 0. The third-order valence-electron chi connectivity index (χ3n) is 4.43. The third-order valence-corrected chi connectivity index (χ3v) is 4.43. The van der Waals surface area contributed by atoms with Crippen LogP contribution in [0.15, 0.2) is 60.9 Å². The SMILES string of the molecule is Cl.O=C(Nc1ccc2c(c1)CCNC2)c1cnn(Cc2ccccc2)c1. The van der Waals surface area contributed by atoms with Gasteiger partial charge in [0.25, 0.3) is 5.91 Å². The maximum absolute atomic E-state index is 12.5. The molecule has 6 heteroatoms. The minimum atomic E-state index is -0.131. The van der Waals surface area contributed by atoms with Gasteiger partial charge < -0.3 is 10.6 Å². The van der Waals surface area contributed by atoms with Gasteiger partial charge in [-0.1, -0.05) is 36.4 Å². The third kappa shape index (κ3) is 4.12. The molecule has 0 saturated carbocycles. The lowest BCUT2D eigenvalue weighted by Crippen LogP contribution is -2.23. The number of nitrogens with one attached hydrogen (secondary N) is 2. The number of carbonyl (C=O) groups excluding carboxylic acids is 1. The second-order valence-corrected chi connectivity index (χ2v) is 6.28. The summed E-state index contributed by atoms with van der Waals surface area (Å²) in [6.07, 6.45) is 4.39. The van der Waals surface area contributed by atoms with Crippen molar-refractivity contribution in [3.05, 3.63) is 83.2 Å². The maximum atomic E-state index is 12.5. The van der Waals surface area contributed by atoms with E-state index in [9.17, 15) is 4.79 Å². The number of fused-ring (bicyclic) bond motifs is 1. The Balaban J connectivity index is 0.00000196. The Kier molecular flexibility index (Phi) is 5.71. The number of hydrogen-bond donors (Lipinski definition) is 2. The number of amides is 1. The molecule has 26 heavy (non-hydrogen) atoms. The molecule has 0 aliphatic carbocycles. The number of benzene rings is 2. The Morgan fingerprint density at radius 2 is 2.00 bits per heavy atom. The first-order valence-electron chi connectivity index (χ1n) is 8.48. The van der Waals surface area contributed by atoms with Crippen molar-refractivity contribution < 1.29 is 4.79 Å². The van der Waals surface area contributed by atoms with E-state index in [0.717, 1.165) is 30.8 Å². The highest BCUT2D eigenvalue weighted by molar-refractivity contribution is 6.04. The molecule has 0 bridgehead atoms. The molecular weight excluding hydrogens is 348 g/mol. The Hall–Kier alpha value is -2.63. The first-order valence-corrected chi connectivity index (χ1v) is 8.48. The van der Waals surface area contributed by atoms with Gasteiger partial charge in [0, 0.05) is 18.4 Å². The Morgan fingerprint density at radius 3 is 2.85 bits per heavy atom. The highest BCUT2D eigenvalue weighted by atomic mass is 35.5. The molecule has 2 N–H and O–H groups in total. The van der Waals surface area contributed by atoms with E-state index in [4.69, 9.17) is 0 Å². The molecule has 5 nitrogen and oxygen atoms in total. The predicted molar refractivity (Wildman–Crippen MR) is 105 cm³/mol. The van der Waals surface area contributed by atoms with Crippen LogP contribution < -0.4 is 10.6 Å². The van der Waals surface area contributed by atoms with Gasteiger partial charge in [-0.25, -0.2) is 0 Å². The van der Waals surface area contributed by atoms with E-state index in [1.807, 2.05) is 36.4 Å². The summed E-state index contributed by atoms with van der Waals surface area (Å²) in [6, 6.07) is 16.2. The fourth-order valence-corrected chi connectivity index (χ4v) is 3.10. The summed E-state index contributed by atoms with van der Waals surface area (Å²) in [6.45, 7) is 2.53. The zero-order valence-electron chi connectivity index (χ0n) is 14.3. The summed E-state index contributed by atoms with van der Waals surface area (Å²) in [5.41, 5.74) is 5.16. The monoisotopic (exact) mass is 368 g/mol. The van der Waals surface area contributed by atoms with Gasteiger partial charge in [0.15, 0.2) is 0 Å². The zero-order chi connectivity index (χ0) is 17.1. The van der Waals surface area contributed by atoms with E-state index < -0.39 is 0 Å². The van der Waals surface area contributed by atoms with Crippen molar-refractivity contribution >= 4 is 24.0 Å². The fourth-order valence-electron chi connectivity index (χ4n) is 3.10. The lowest BCUT2D eigenvalue weighted by molar-refractivity contribution is 0.102. The van der Waals surface area contributed by atoms with E-state index in [0.29, 0.717) is 12.1 Å². The van der Waals surface area contributed by atoms with Crippen LogP contribution in [0.2, 0.25) is 0 Å². The summed E-state index contributed by atoms with van der Waals surface area (Å²) in [5, 5.41) is 10.6. The second kappa shape index (κ2) is 8.17. The van der Waals surface area contributed by atoms with Gasteiger partial charge in [-0.2, -0.15) is 5.10 Å². The Labute approximate surface area is 158 Å². The molecule has 0 unspecified atom stereocenters. The molecule has 0 fully saturated rings. The second-order valence-electron chi connectivity index (χ2n) is 6.28. The normalized spacial score (nSPS) is 12.8. The van der Waals surface area contributed by atoms with Gasteiger partial charge in [-0.3, -0.25) is 9.48 Å². The van der Waals surface area contributed by atoms with Gasteiger partial charge in [-0.05, 0) is 41.8 Å². The average molecular weight is 369 g/mol. The van der Waals surface area contributed by atoms with E-state index in [2.05, 4.69) is 27.9 Å². The predicted octanol–water partition coefficient (Wildman–Crippen LogP) is 3.25. The van der Waals surface area contributed by atoms with Crippen LogP contribution in [0.5, 0.6) is 0 Å². The summed E-state index contributed by atoms with van der Waals surface area (Å²) < 4.78 is 1.78.